The Kier molecular flexibility index (Phi) is 3.35. The molecule has 3 unspecified atom stereocenters. The molecule has 2 aliphatic rings. The maximum atomic E-state index is 10.4. The minimum Gasteiger partial charge on any atom is -0.508 e. The van der Waals surface area contributed by atoms with Crippen LogP contribution in [0, 0.1) is 11.8 Å². The van der Waals surface area contributed by atoms with Crippen LogP contribution in [-0.4, -0.2) is 5.11 Å². The fourth-order valence-electron chi connectivity index (χ4n) is 4.91. The maximum Gasteiger partial charge on any atom is 0.119 e. The molecule has 110 valence electrons. The predicted molar refractivity (Wildman–Crippen MR) is 84.4 cm³/mol. The zero-order chi connectivity index (χ0) is 14.5. The molecule has 1 heteroatoms. The van der Waals surface area contributed by atoms with Crippen LogP contribution >= 0.6 is 0 Å². The molecular weight excluding hydrogens is 244 g/mol. The molecule has 0 heterocycles. The van der Waals surface area contributed by atoms with Gasteiger partial charge >= 0.3 is 0 Å². The van der Waals surface area contributed by atoms with Crippen molar-refractivity contribution < 1.29 is 5.11 Å². The Morgan fingerprint density at radius 2 is 2.00 bits per heavy atom. The number of phenolic OH excluding ortho intramolecular Hbond substituents is 1. The standard InChI is InChI=1S/C19H28O/c1-12(2)15-10-14-7-8-16-13(3)6-5-9-19(16,4)17(14)11-18(15)20/h10-13,16,20H,5-9H2,1-4H3. The van der Waals surface area contributed by atoms with Crippen LogP contribution in [0.25, 0.3) is 0 Å². The van der Waals surface area contributed by atoms with Crippen molar-refractivity contribution in [2.45, 2.75) is 71.1 Å². The van der Waals surface area contributed by atoms with Crippen molar-refractivity contribution in [1.29, 1.82) is 0 Å². The van der Waals surface area contributed by atoms with Gasteiger partial charge in [-0.1, -0.05) is 46.6 Å². The third kappa shape index (κ3) is 1.98. The van der Waals surface area contributed by atoms with Gasteiger partial charge in [-0.15, -0.1) is 0 Å². The summed E-state index contributed by atoms with van der Waals surface area (Å²) in [7, 11) is 0. The van der Waals surface area contributed by atoms with Crippen molar-refractivity contribution in [3.8, 4) is 5.75 Å². The van der Waals surface area contributed by atoms with Crippen molar-refractivity contribution >= 4 is 0 Å². The monoisotopic (exact) mass is 272 g/mol. The average molecular weight is 272 g/mol. The molecular formula is C19H28O. The minimum absolute atomic E-state index is 0.290. The summed E-state index contributed by atoms with van der Waals surface area (Å²) in [5, 5.41) is 10.4. The Morgan fingerprint density at radius 3 is 2.70 bits per heavy atom. The van der Waals surface area contributed by atoms with Gasteiger partial charge in [-0.2, -0.15) is 0 Å². The lowest BCUT2D eigenvalue weighted by Crippen LogP contribution is -2.43. The van der Waals surface area contributed by atoms with Gasteiger partial charge in [0.05, 0.1) is 0 Å². The Balaban J connectivity index is 2.10. The highest BCUT2D eigenvalue weighted by molar-refractivity contribution is 5.48. The number of fused-ring (bicyclic) bond motifs is 3. The summed E-state index contributed by atoms with van der Waals surface area (Å²) in [5.74, 6) is 2.54. The van der Waals surface area contributed by atoms with Crippen molar-refractivity contribution in [2.75, 3.05) is 0 Å². The summed E-state index contributed by atoms with van der Waals surface area (Å²) in [6.07, 6.45) is 6.52. The Hall–Kier alpha value is -0.980. The Morgan fingerprint density at radius 1 is 1.25 bits per heavy atom. The van der Waals surface area contributed by atoms with Crippen LogP contribution in [0.4, 0.5) is 0 Å². The molecule has 3 atom stereocenters. The molecule has 0 saturated heterocycles. The number of phenols is 1. The number of hydrogen-bond acceptors (Lipinski definition) is 1. The van der Waals surface area contributed by atoms with Crippen molar-refractivity contribution in [3.63, 3.8) is 0 Å². The van der Waals surface area contributed by atoms with Crippen LogP contribution in [0.1, 0.15) is 76.0 Å². The van der Waals surface area contributed by atoms with Gasteiger partial charge in [0.1, 0.15) is 5.75 Å². The highest BCUT2D eigenvalue weighted by Gasteiger charge is 2.45. The quantitative estimate of drug-likeness (QED) is 0.749. The normalized spacial score (nSPS) is 32.9. The van der Waals surface area contributed by atoms with Gasteiger partial charge < -0.3 is 5.11 Å². The smallest absolute Gasteiger partial charge is 0.119 e. The van der Waals surface area contributed by atoms with E-state index >= 15 is 0 Å². The maximum absolute atomic E-state index is 10.4. The highest BCUT2D eigenvalue weighted by atomic mass is 16.3. The van der Waals surface area contributed by atoms with Crippen LogP contribution in [0.3, 0.4) is 0 Å². The summed E-state index contributed by atoms with van der Waals surface area (Å²) in [6, 6.07) is 4.39. The highest BCUT2D eigenvalue weighted by Crippen LogP contribution is 2.53. The molecule has 0 aliphatic heterocycles. The van der Waals surface area contributed by atoms with Crippen LogP contribution in [0.2, 0.25) is 0 Å². The lowest BCUT2D eigenvalue weighted by molar-refractivity contribution is 0.117. The summed E-state index contributed by atoms with van der Waals surface area (Å²) in [6.45, 7) is 9.20. The average Bonchev–Trinajstić information content (AvgIpc) is 2.38. The van der Waals surface area contributed by atoms with Crippen LogP contribution in [0.15, 0.2) is 12.1 Å². The summed E-state index contributed by atoms with van der Waals surface area (Å²) in [4.78, 5) is 0. The fourth-order valence-corrected chi connectivity index (χ4v) is 4.91. The zero-order valence-electron chi connectivity index (χ0n) is 13.4. The van der Waals surface area contributed by atoms with E-state index in [-0.39, 0.29) is 5.41 Å². The predicted octanol–water partition coefficient (Wildman–Crippen LogP) is 5.16. The molecule has 0 radical (unpaired) electrons. The van der Waals surface area contributed by atoms with E-state index in [1.165, 1.54) is 43.2 Å². The van der Waals surface area contributed by atoms with E-state index in [0.717, 1.165) is 17.4 Å². The molecule has 1 nitrogen and oxygen atoms in total. The first-order chi connectivity index (χ1) is 9.43. The van der Waals surface area contributed by atoms with E-state index in [0.29, 0.717) is 11.7 Å². The molecule has 1 aromatic carbocycles. The van der Waals surface area contributed by atoms with E-state index in [2.05, 4.69) is 39.8 Å². The van der Waals surface area contributed by atoms with Crippen molar-refractivity contribution in [3.05, 3.63) is 28.8 Å². The first-order valence-electron chi connectivity index (χ1n) is 8.29. The molecule has 20 heavy (non-hydrogen) atoms. The fraction of sp³-hybridized carbons (Fsp3) is 0.684. The Labute approximate surface area is 123 Å². The second-order valence-electron chi connectivity index (χ2n) is 7.66. The second-order valence-corrected chi connectivity index (χ2v) is 7.66. The molecule has 0 amide bonds. The molecule has 1 N–H and O–H groups in total. The number of benzene rings is 1. The molecule has 0 spiro atoms. The van der Waals surface area contributed by atoms with Gasteiger partial charge in [-0.3, -0.25) is 0 Å². The molecule has 0 aromatic heterocycles. The molecule has 1 fully saturated rings. The van der Waals surface area contributed by atoms with E-state index < -0.39 is 0 Å². The van der Waals surface area contributed by atoms with E-state index in [9.17, 15) is 5.11 Å². The molecule has 1 saturated carbocycles. The van der Waals surface area contributed by atoms with Gasteiger partial charge in [0.2, 0.25) is 0 Å². The van der Waals surface area contributed by atoms with Crippen molar-refractivity contribution in [1.82, 2.24) is 0 Å². The zero-order valence-corrected chi connectivity index (χ0v) is 13.4. The van der Waals surface area contributed by atoms with E-state index in [1.807, 2.05) is 0 Å². The lowest BCUT2D eigenvalue weighted by Gasteiger charge is -2.49. The largest absolute Gasteiger partial charge is 0.508 e. The van der Waals surface area contributed by atoms with Crippen molar-refractivity contribution in [2.24, 2.45) is 11.8 Å². The molecule has 0 bridgehead atoms. The lowest BCUT2D eigenvalue weighted by atomic mass is 9.55. The van der Waals surface area contributed by atoms with Crippen LogP contribution in [0.5, 0.6) is 5.75 Å². The summed E-state index contributed by atoms with van der Waals surface area (Å²) in [5.41, 5.74) is 4.36. The Bertz CT molecular complexity index is 517. The van der Waals surface area contributed by atoms with Gasteiger partial charge in [-0.05, 0) is 65.2 Å². The number of aromatic hydroxyl groups is 1. The first kappa shape index (κ1) is 14.0. The SMILES string of the molecule is CC(C)c1cc2c(cc1O)C1(C)CCCC(C)C1CC2. The van der Waals surface area contributed by atoms with Gasteiger partial charge in [-0.25, -0.2) is 0 Å². The number of hydrogen-bond donors (Lipinski definition) is 1. The number of aryl methyl sites for hydroxylation is 1. The summed E-state index contributed by atoms with van der Waals surface area (Å²) < 4.78 is 0. The van der Waals surface area contributed by atoms with Gasteiger partial charge in [0.15, 0.2) is 0 Å². The van der Waals surface area contributed by atoms with Crippen LogP contribution in [-0.2, 0) is 11.8 Å². The molecule has 1 aromatic rings. The molecule has 2 aliphatic carbocycles. The minimum atomic E-state index is 0.290. The van der Waals surface area contributed by atoms with Gasteiger partial charge in [0, 0.05) is 0 Å². The third-order valence-electron chi connectivity index (χ3n) is 6.08. The third-order valence-corrected chi connectivity index (χ3v) is 6.08. The van der Waals surface area contributed by atoms with E-state index in [4.69, 9.17) is 0 Å². The van der Waals surface area contributed by atoms with Gasteiger partial charge in [0.25, 0.3) is 0 Å². The topological polar surface area (TPSA) is 20.2 Å². The summed E-state index contributed by atoms with van der Waals surface area (Å²) >= 11 is 0. The molecule has 3 rings (SSSR count). The van der Waals surface area contributed by atoms with E-state index in [1.54, 1.807) is 0 Å². The van der Waals surface area contributed by atoms with Crippen LogP contribution < -0.4 is 0 Å². The second kappa shape index (κ2) is 4.79. The number of rotatable bonds is 1. The first-order valence-corrected chi connectivity index (χ1v) is 8.29.